The molecule has 5 heterocycles. The molecule has 0 bridgehead atoms. The number of benzene rings is 1. The summed E-state index contributed by atoms with van der Waals surface area (Å²) in [6, 6.07) is 12.7. The fourth-order valence-electron chi connectivity index (χ4n) is 5.37. The first-order chi connectivity index (χ1) is 17.3. The number of halogens is 2. The van der Waals surface area contributed by atoms with Crippen LogP contribution in [0.4, 0.5) is 21.5 Å². The predicted octanol–water partition coefficient (Wildman–Crippen LogP) is 6.06. The van der Waals surface area contributed by atoms with Gasteiger partial charge in [-0.1, -0.05) is 31.5 Å². The van der Waals surface area contributed by atoms with Gasteiger partial charge in [-0.05, 0) is 37.3 Å². The zero-order valence-electron chi connectivity index (χ0n) is 20.6. The lowest BCUT2D eigenvalue weighted by molar-refractivity contribution is 0.122. The number of morpholine rings is 1. The Morgan fingerprint density at radius 3 is 2.58 bits per heavy atom. The maximum Gasteiger partial charge on any atom is 0.152 e. The summed E-state index contributed by atoms with van der Waals surface area (Å²) >= 11 is 6.74. The first-order valence-corrected chi connectivity index (χ1v) is 12.5. The lowest BCUT2D eigenvalue weighted by Gasteiger charge is -2.30. The Labute approximate surface area is 214 Å². The zero-order valence-corrected chi connectivity index (χ0v) is 21.3. The summed E-state index contributed by atoms with van der Waals surface area (Å²) in [6.45, 7) is 9.99. The number of ether oxygens (including phenoxy) is 1. The Balaban J connectivity index is 1.60. The molecule has 0 amide bonds. The van der Waals surface area contributed by atoms with Gasteiger partial charge in [0.05, 0.1) is 52.9 Å². The number of hydrogen-bond acceptors (Lipinski definition) is 6. The van der Waals surface area contributed by atoms with Crippen LogP contribution in [0.15, 0.2) is 48.7 Å². The van der Waals surface area contributed by atoms with Gasteiger partial charge in [0.15, 0.2) is 5.15 Å². The smallest absolute Gasteiger partial charge is 0.152 e. The summed E-state index contributed by atoms with van der Waals surface area (Å²) in [5, 5.41) is 1.40. The van der Waals surface area contributed by atoms with Crippen LogP contribution in [0.1, 0.15) is 25.1 Å². The number of pyridine rings is 3. The van der Waals surface area contributed by atoms with E-state index in [1.165, 1.54) is 12.1 Å². The minimum absolute atomic E-state index is 0.240. The van der Waals surface area contributed by atoms with Gasteiger partial charge in [-0.25, -0.2) is 14.4 Å². The number of nitrogens with zero attached hydrogens (tertiary/aromatic N) is 5. The molecule has 1 saturated heterocycles. The molecule has 6 rings (SSSR count). The number of rotatable bonds is 3. The molecule has 184 valence electrons. The second-order valence-corrected chi connectivity index (χ2v) is 10.4. The van der Waals surface area contributed by atoms with E-state index in [0.717, 1.165) is 58.2 Å². The van der Waals surface area contributed by atoms with Gasteiger partial charge in [0.1, 0.15) is 5.82 Å². The minimum atomic E-state index is -0.318. The molecule has 3 aromatic heterocycles. The van der Waals surface area contributed by atoms with Crippen molar-refractivity contribution in [2.45, 2.75) is 26.2 Å². The van der Waals surface area contributed by atoms with Gasteiger partial charge in [0.2, 0.25) is 0 Å². The van der Waals surface area contributed by atoms with Crippen LogP contribution in [0.25, 0.3) is 22.3 Å². The fourth-order valence-corrected chi connectivity index (χ4v) is 5.63. The third-order valence-electron chi connectivity index (χ3n) is 7.11. The standard InChI is InChI=1S/C28H27ClFN5O/c1-17-24(20-6-4-5-9-31-20)32-21-14-18(30)7-8-19(21)25(17)35-16-28(2,3)26-22(35)15-23(27(29)33-26)34-10-12-36-13-11-34/h4-9,14-15H,10-13,16H2,1-3H3. The van der Waals surface area contributed by atoms with E-state index in [-0.39, 0.29) is 11.2 Å². The summed E-state index contributed by atoms with van der Waals surface area (Å²) in [6.07, 6.45) is 1.75. The predicted molar refractivity (Wildman–Crippen MR) is 142 cm³/mol. The molecule has 8 heteroatoms. The topological polar surface area (TPSA) is 54.4 Å². The van der Waals surface area contributed by atoms with E-state index >= 15 is 0 Å². The number of hydrogen-bond donors (Lipinski definition) is 0. The molecule has 1 fully saturated rings. The Kier molecular flexibility index (Phi) is 5.57. The van der Waals surface area contributed by atoms with E-state index in [9.17, 15) is 4.39 Å². The summed E-state index contributed by atoms with van der Waals surface area (Å²) in [5.74, 6) is -0.318. The molecule has 0 spiro atoms. The van der Waals surface area contributed by atoms with Gasteiger partial charge in [-0.15, -0.1) is 0 Å². The highest BCUT2D eigenvalue weighted by Crippen LogP contribution is 2.49. The maximum absolute atomic E-state index is 14.3. The lowest BCUT2D eigenvalue weighted by atomic mass is 9.91. The van der Waals surface area contributed by atoms with Gasteiger partial charge < -0.3 is 14.5 Å². The molecular weight excluding hydrogens is 477 g/mol. The van der Waals surface area contributed by atoms with E-state index in [4.69, 9.17) is 26.3 Å². The highest BCUT2D eigenvalue weighted by molar-refractivity contribution is 6.32. The third kappa shape index (κ3) is 3.78. The molecule has 2 aliphatic rings. The number of anilines is 3. The van der Waals surface area contributed by atoms with Crippen molar-refractivity contribution < 1.29 is 9.13 Å². The largest absolute Gasteiger partial charge is 0.378 e. The molecule has 0 saturated carbocycles. The first kappa shape index (κ1) is 23.1. The number of aromatic nitrogens is 3. The Morgan fingerprint density at radius 1 is 1.03 bits per heavy atom. The average molecular weight is 504 g/mol. The SMILES string of the molecule is Cc1c(-c2ccccn2)nc2cc(F)ccc2c1N1CC(C)(C)c2nc(Cl)c(N3CCOCC3)cc21. The molecule has 6 nitrogen and oxygen atoms in total. The van der Waals surface area contributed by atoms with Gasteiger partial charge in [-0.2, -0.15) is 0 Å². The third-order valence-corrected chi connectivity index (χ3v) is 7.39. The number of fused-ring (bicyclic) bond motifs is 2. The Morgan fingerprint density at radius 2 is 1.83 bits per heavy atom. The second kappa shape index (κ2) is 8.68. The molecule has 0 N–H and O–H groups in total. The van der Waals surface area contributed by atoms with Crippen molar-refractivity contribution in [1.29, 1.82) is 0 Å². The van der Waals surface area contributed by atoms with Crippen molar-refractivity contribution >= 4 is 39.6 Å². The molecule has 0 aliphatic carbocycles. The van der Waals surface area contributed by atoms with Gasteiger partial charge in [0, 0.05) is 48.3 Å². The molecule has 36 heavy (non-hydrogen) atoms. The van der Waals surface area contributed by atoms with Crippen LogP contribution in [0.2, 0.25) is 5.15 Å². The van der Waals surface area contributed by atoms with Crippen LogP contribution in [-0.2, 0) is 10.2 Å². The minimum Gasteiger partial charge on any atom is -0.378 e. The van der Waals surface area contributed by atoms with Crippen molar-refractivity contribution in [2.24, 2.45) is 0 Å². The van der Waals surface area contributed by atoms with E-state index in [1.807, 2.05) is 24.3 Å². The van der Waals surface area contributed by atoms with Crippen LogP contribution in [0.3, 0.4) is 0 Å². The molecule has 0 atom stereocenters. The first-order valence-electron chi connectivity index (χ1n) is 12.2. The molecule has 1 aromatic carbocycles. The lowest BCUT2D eigenvalue weighted by Crippen LogP contribution is -2.36. The Bertz CT molecular complexity index is 1470. The highest BCUT2D eigenvalue weighted by Gasteiger charge is 2.40. The van der Waals surface area contributed by atoms with Crippen molar-refractivity contribution in [3.63, 3.8) is 0 Å². The van der Waals surface area contributed by atoms with Gasteiger partial charge in [-0.3, -0.25) is 4.98 Å². The highest BCUT2D eigenvalue weighted by atomic mass is 35.5. The second-order valence-electron chi connectivity index (χ2n) is 10.0. The van der Waals surface area contributed by atoms with Crippen LogP contribution in [0.5, 0.6) is 0 Å². The monoisotopic (exact) mass is 503 g/mol. The van der Waals surface area contributed by atoms with Crippen molar-refractivity contribution in [1.82, 2.24) is 15.0 Å². The van der Waals surface area contributed by atoms with E-state index in [0.29, 0.717) is 30.4 Å². The maximum atomic E-state index is 14.3. The quantitative estimate of drug-likeness (QED) is 0.317. The average Bonchev–Trinajstić information content (AvgIpc) is 3.13. The van der Waals surface area contributed by atoms with Crippen molar-refractivity contribution in [3.8, 4) is 11.4 Å². The molecular formula is C28H27ClFN5O. The summed E-state index contributed by atoms with van der Waals surface area (Å²) in [4.78, 5) is 18.8. The van der Waals surface area contributed by atoms with Gasteiger partial charge in [0.25, 0.3) is 0 Å². The van der Waals surface area contributed by atoms with Crippen LogP contribution >= 0.6 is 11.6 Å². The van der Waals surface area contributed by atoms with Crippen LogP contribution in [0, 0.1) is 12.7 Å². The molecule has 4 aromatic rings. The van der Waals surface area contributed by atoms with Crippen LogP contribution in [-0.4, -0.2) is 47.8 Å². The summed E-state index contributed by atoms with van der Waals surface area (Å²) in [5.41, 5.74) is 6.70. The molecule has 0 radical (unpaired) electrons. The fraction of sp³-hybridized carbons (Fsp3) is 0.321. The summed E-state index contributed by atoms with van der Waals surface area (Å²) < 4.78 is 19.9. The van der Waals surface area contributed by atoms with E-state index in [2.05, 4.69) is 41.6 Å². The van der Waals surface area contributed by atoms with E-state index < -0.39 is 0 Å². The molecule has 0 unspecified atom stereocenters. The van der Waals surface area contributed by atoms with E-state index in [1.54, 1.807) is 6.20 Å². The van der Waals surface area contributed by atoms with Crippen molar-refractivity contribution in [3.05, 3.63) is 70.9 Å². The molecule has 2 aliphatic heterocycles. The Hall–Kier alpha value is -3.29. The zero-order chi connectivity index (χ0) is 25.0. The normalized spacial score (nSPS) is 17.0. The van der Waals surface area contributed by atoms with Crippen molar-refractivity contribution in [2.75, 3.05) is 42.6 Å². The van der Waals surface area contributed by atoms with Crippen LogP contribution < -0.4 is 9.80 Å². The van der Waals surface area contributed by atoms with Gasteiger partial charge >= 0.3 is 0 Å². The summed E-state index contributed by atoms with van der Waals surface area (Å²) in [7, 11) is 0.